The normalized spacial score (nSPS) is 15.7. The number of nitrogens with zero attached hydrogens (tertiary/aromatic N) is 2. The van der Waals surface area contributed by atoms with Crippen molar-refractivity contribution in [2.75, 3.05) is 19.0 Å². The van der Waals surface area contributed by atoms with Crippen LogP contribution in [0, 0.1) is 10.1 Å². The number of nitro groups is 1. The molecule has 24 heavy (non-hydrogen) atoms. The van der Waals surface area contributed by atoms with Gasteiger partial charge in [0, 0.05) is 31.9 Å². The van der Waals surface area contributed by atoms with Gasteiger partial charge in [-0.25, -0.2) is 0 Å². The molecule has 0 spiro atoms. The maximum atomic E-state index is 12.8. The van der Waals surface area contributed by atoms with Crippen LogP contribution in [0.3, 0.4) is 0 Å². The topological polar surface area (TPSA) is 75.5 Å². The molecule has 0 bridgehead atoms. The molecule has 2 aromatic rings. The number of amides is 1. The Balaban J connectivity index is 1.90. The van der Waals surface area contributed by atoms with Crippen molar-refractivity contribution in [2.24, 2.45) is 0 Å². The van der Waals surface area contributed by atoms with Gasteiger partial charge in [-0.05, 0) is 30.0 Å². The molecule has 124 valence electrons. The molecular weight excluding hydrogens is 306 g/mol. The Labute approximate surface area is 140 Å². The SMILES string of the molecule is CN(C)c1ccc([N+](=O)[O-])cc1C(=O)NC1CCc2ccccc21. The van der Waals surface area contributed by atoms with Gasteiger partial charge in [-0.3, -0.25) is 14.9 Å². The Kier molecular flexibility index (Phi) is 4.20. The van der Waals surface area contributed by atoms with E-state index < -0.39 is 4.92 Å². The first-order valence-electron chi connectivity index (χ1n) is 7.82. The molecule has 2 aromatic carbocycles. The van der Waals surface area contributed by atoms with E-state index in [0.29, 0.717) is 11.3 Å². The molecule has 1 atom stereocenters. The molecule has 1 N–H and O–H groups in total. The smallest absolute Gasteiger partial charge is 0.270 e. The molecule has 0 heterocycles. The van der Waals surface area contributed by atoms with Crippen LogP contribution in [0.5, 0.6) is 0 Å². The zero-order valence-corrected chi connectivity index (χ0v) is 13.7. The van der Waals surface area contributed by atoms with Gasteiger partial charge in [0.05, 0.1) is 16.5 Å². The lowest BCUT2D eigenvalue weighted by atomic mass is 10.1. The van der Waals surface area contributed by atoms with Crippen LogP contribution < -0.4 is 10.2 Å². The van der Waals surface area contributed by atoms with Crippen LogP contribution in [-0.2, 0) is 6.42 Å². The van der Waals surface area contributed by atoms with Crippen molar-refractivity contribution in [3.05, 3.63) is 69.3 Å². The lowest BCUT2D eigenvalue weighted by molar-refractivity contribution is -0.384. The number of carbonyl (C=O) groups is 1. The van der Waals surface area contributed by atoms with Crippen molar-refractivity contribution in [1.82, 2.24) is 5.32 Å². The number of nitrogens with one attached hydrogen (secondary N) is 1. The molecule has 0 saturated carbocycles. The van der Waals surface area contributed by atoms with Gasteiger partial charge < -0.3 is 10.2 Å². The molecule has 1 amide bonds. The Morgan fingerprint density at radius 3 is 2.71 bits per heavy atom. The maximum absolute atomic E-state index is 12.8. The van der Waals surface area contributed by atoms with Crippen LogP contribution in [0.4, 0.5) is 11.4 Å². The van der Waals surface area contributed by atoms with E-state index in [0.717, 1.165) is 18.4 Å². The van der Waals surface area contributed by atoms with Crippen molar-refractivity contribution in [2.45, 2.75) is 18.9 Å². The van der Waals surface area contributed by atoms with E-state index in [1.165, 1.54) is 17.7 Å². The number of nitro benzene ring substituents is 1. The molecule has 0 aliphatic heterocycles. The highest BCUT2D eigenvalue weighted by Crippen LogP contribution is 2.32. The summed E-state index contributed by atoms with van der Waals surface area (Å²) in [6.07, 6.45) is 1.77. The van der Waals surface area contributed by atoms with Gasteiger partial charge in [-0.15, -0.1) is 0 Å². The van der Waals surface area contributed by atoms with Gasteiger partial charge >= 0.3 is 0 Å². The van der Waals surface area contributed by atoms with E-state index in [2.05, 4.69) is 11.4 Å². The van der Waals surface area contributed by atoms with Crippen LogP contribution in [0.1, 0.15) is 33.9 Å². The highest BCUT2D eigenvalue weighted by molar-refractivity contribution is 6.00. The molecule has 0 saturated heterocycles. The van der Waals surface area contributed by atoms with E-state index in [9.17, 15) is 14.9 Å². The summed E-state index contributed by atoms with van der Waals surface area (Å²) in [5.41, 5.74) is 3.26. The minimum absolute atomic E-state index is 0.0528. The molecule has 6 heteroatoms. The van der Waals surface area contributed by atoms with Crippen LogP contribution >= 0.6 is 0 Å². The standard InChI is InChI=1S/C18H19N3O3/c1-20(2)17-10-8-13(21(23)24)11-15(17)18(22)19-16-9-7-12-5-3-4-6-14(12)16/h3-6,8,10-11,16H,7,9H2,1-2H3,(H,19,22). The lowest BCUT2D eigenvalue weighted by Gasteiger charge is -2.19. The van der Waals surface area contributed by atoms with Gasteiger partial charge in [0.25, 0.3) is 11.6 Å². The van der Waals surface area contributed by atoms with Crippen LogP contribution in [0.15, 0.2) is 42.5 Å². The molecule has 1 unspecified atom stereocenters. The summed E-state index contributed by atoms with van der Waals surface area (Å²) in [7, 11) is 3.62. The first kappa shape index (κ1) is 16.0. The highest BCUT2D eigenvalue weighted by atomic mass is 16.6. The van der Waals surface area contributed by atoms with Gasteiger partial charge in [-0.1, -0.05) is 24.3 Å². The predicted octanol–water partition coefficient (Wildman–Crippen LogP) is 3.08. The lowest BCUT2D eigenvalue weighted by Crippen LogP contribution is -2.28. The fourth-order valence-electron chi connectivity index (χ4n) is 3.15. The Morgan fingerprint density at radius 2 is 2.00 bits per heavy atom. The van der Waals surface area contributed by atoms with Gasteiger partial charge in [0.15, 0.2) is 0 Å². The molecule has 3 rings (SSSR count). The molecule has 1 aliphatic carbocycles. The number of fused-ring (bicyclic) bond motifs is 1. The number of anilines is 1. The van der Waals surface area contributed by atoms with Crippen molar-refractivity contribution in [3.8, 4) is 0 Å². The van der Waals surface area contributed by atoms with Crippen molar-refractivity contribution < 1.29 is 9.72 Å². The molecule has 6 nitrogen and oxygen atoms in total. The minimum atomic E-state index is -0.485. The van der Waals surface area contributed by atoms with E-state index in [1.54, 1.807) is 11.0 Å². The third kappa shape index (κ3) is 2.95. The number of rotatable bonds is 4. The van der Waals surface area contributed by atoms with Crippen molar-refractivity contribution in [3.63, 3.8) is 0 Å². The maximum Gasteiger partial charge on any atom is 0.270 e. The number of carbonyl (C=O) groups excluding carboxylic acids is 1. The summed E-state index contributed by atoms with van der Waals surface area (Å²) in [4.78, 5) is 25.1. The summed E-state index contributed by atoms with van der Waals surface area (Å²) in [6, 6.07) is 12.4. The van der Waals surface area contributed by atoms with Crippen molar-refractivity contribution >= 4 is 17.3 Å². The number of hydrogen-bond acceptors (Lipinski definition) is 4. The zero-order chi connectivity index (χ0) is 17.3. The number of non-ortho nitro benzene ring substituents is 1. The first-order chi connectivity index (χ1) is 11.5. The Morgan fingerprint density at radius 1 is 1.25 bits per heavy atom. The van der Waals surface area contributed by atoms with Crippen LogP contribution in [0.25, 0.3) is 0 Å². The zero-order valence-electron chi connectivity index (χ0n) is 13.7. The average molecular weight is 325 g/mol. The largest absolute Gasteiger partial charge is 0.377 e. The summed E-state index contributed by atoms with van der Waals surface area (Å²) in [5.74, 6) is -0.288. The van der Waals surface area contributed by atoms with Gasteiger partial charge in [-0.2, -0.15) is 0 Å². The van der Waals surface area contributed by atoms with E-state index in [4.69, 9.17) is 0 Å². The minimum Gasteiger partial charge on any atom is -0.377 e. The Bertz CT molecular complexity index is 802. The summed E-state index contributed by atoms with van der Waals surface area (Å²) in [6.45, 7) is 0. The third-order valence-electron chi connectivity index (χ3n) is 4.36. The second kappa shape index (κ2) is 6.31. The van der Waals surface area contributed by atoms with Gasteiger partial charge in [0.1, 0.15) is 0 Å². The Hall–Kier alpha value is -2.89. The second-order valence-electron chi connectivity index (χ2n) is 6.12. The number of hydrogen-bond donors (Lipinski definition) is 1. The van der Waals surface area contributed by atoms with Crippen LogP contribution in [0.2, 0.25) is 0 Å². The monoisotopic (exact) mass is 325 g/mol. The number of benzene rings is 2. The molecule has 1 aliphatic rings. The molecular formula is C18H19N3O3. The van der Waals surface area contributed by atoms with Crippen molar-refractivity contribution in [1.29, 1.82) is 0 Å². The quantitative estimate of drug-likeness (QED) is 0.692. The first-order valence-corrected chi connectivity index (χ1v) is 7.82. The van der Waals surface area contributed by atoms with E-state index >= 15 is 0 Å². The highest BCUT2D eigenvalue weighted by Gasteiger charge is 2.26. The second-order valence-corrected chi connectivity index (χ2v) is 6.12. The molecule has 0 fully saturated rings. The van der Waals surface area contributed by atoms with E-state index in [1.807, 2.05) is 32.3 Å². The average Bonchev–Trinajstić information content (AvgIpc) is 2.97. The van der Waals surface area contributed by atoms with Crippen LogP contribution in [-0.4, -0.2) is 24.9 Å². The summed E-state index contributed by atoms with van der Waals surface area (Å²) >= 11 is 0. The summed E-state index contributed by atoms with van der Waals surface area (Å²) < 4.78 is 0. The molecule has 0 radical (unpaired) electrons. The summed E-state index contributed by atoms with van der Waals surface area (Å²) in [5, 5.41) is 14.0. The fourth-order valence-corrected chi connectivity index (χ4v) is 3.15. The number of aryl methyl sites for hydroxylation is 1. The molecule has 0 aromatic heterocycles. The fraction of sp³-hybridized carbons (Fsp3) is 0.278. The third-order valence-corrected chi connectivity index (χ3v) is 4.36. The predicted molar refractivity (Wildman–Crippen MR) is 92.4 cm³/mol. The van der Waals surface area contributed by atoms with E-state index in [-0.39, 0.29) is 17.6 Å². The van der Waals surface area contributed by atoms with Gasteiger partial charge in [0.2, 0.25) is 0 Å².